The molecule has 0 spiro atoms. The summed E-state index contributed by atoms with van der Waals surface area (Å²) in [5, 5.41) is 0. The molecule has 2 rings (SSSR count). The van der Waals surface area contributed by atoms with Gasteiger partial charge in [0.15, 0.2) is 0 Å². The van der Waals surface area contributed by atoms with Crippen LogP contribution in [0.5, 0.6) is 0 Å². The van der Waals surface area contributed by atoms with Crippen molar-refractivity contribution in [2.24, 2.45) is 0 Å². The van der Waals surface area contributed by atoms with Gasteiger partial charge in [-0.05, 0) is 35.7 Å². The highest BCUT2D eigenvalue weighted by Gasteiger charge is 2.22. The highest BCUT2D eigenvalue weighted by atomic mass is 32.2. The van der Waals surface area contributed by atoms with Crippen LogP contribution in [-0.2, 0) is 10.0 Å². The molecular formula is C16H20N2O2S. The normalized spacial score (nSPS) is 12.9. The van der Waals surface area contributed by atoms with Crippen molar-refractivity contribution >= 4 is 21.4 Å². The lowest BCUT2D eigenvalue weighted by atomic mass is 10.0. The summed E-state index contributed by atoms with van der Waals surface area (Å²) in [4.78, 5) is 0. The third-order valence-corrected chi connectivity index (χ3v) is 5.47. The van der Waals surface area contributed by atoms with Crippen LogP contribution < -0.4 is 10.0 Å². The van der Waals surface area contributed by atoms with E-state index in [1.54, 1.807) is 31.3 Å². The Hall–Kier alpha value is -2.01. The molecule has 0 saturated carbocycles. The van der Waals surface area contributed by atoms with Crippen LogP contribution in [0, 0.1) is 0 Å². The fraction of sp³-hybridized carbons (Fsp3) is 0.250. The maximum absolute atomic E-state index is 12.5. The van der Waals surface area contributed by atoms with Crippen molar-refractivity contribution in [3.05, 3.63) is 60.2 Å². The van der Waals surface area contributed by atoms with Gasteiger partial charge in [0, 0.05) is 12.7 Å². The van der Waals surface area contributed by atoms with Crippen LogP contribution in [0.25, 0.3) is 0 Å². The first-order valence-corrected chi connectivity index (χ1v) is 8.38. The number of nitrogen functional groups attached to an aromatic ring is 1. The summed E-state index contributed by atoms with van der Waals surface area (Å²) in [5.74, 6) is 0.00479. The maximum Gasteiger partial charge on any atom is 0.235 e. The van der Waals surface area contributed by atoms with E-state index in [1.165, 1.54) is 4.31 Å². The molecule has 112 valence electrons. The van der Waals surface area contributed by atoms with Crippen molar-refractivity contribution in [2.75, 3.05) is 22.8 Å². The third-order valence-electron chi connectivity index (χ3n) is 3.50. The Labute approximate surface area is 126 Å². The van der Waals surface area contributed by atoms with Crippen molar-refractivity contribution in [3.8, 4) is 0 Å². The van der Waals surface area contributed by atoms with Gasteiger partial charge >= 0.3 is 0 Å². The van der Waals surface area contributed by atoms with Crippen LogP contribution in [0.3, 0.4) is 0 Å². The second-order valence-electron chi connectivity index (χ2n) is 5.15. The molecule has 4 nitrogen and oxygen atoms in total. The number of nitrogens with zero attached hydrogens (tertiary/aromatic N) is 1. The molecule has 0 bridgehead atoms. The Balaban J connectivity index is 2.16. The van der Waals surface area contributed by atoms with Crippen LogP contribution in [0.1, 0.15) is 18.4 Å². The Morgan fingerprint density at radius 1 is 1.05 bits per heavy atom. The number of sulfonamides is 1. The minimum Gasteiger partial charge on any atom is -0.399 e. The van der Waals surface area contributed by atoms with E-state index in [4.69, 9.17) is 5.73 Å². The molecule has 2 aromatic rings. The van der Waals surface area contributed by atoms with Gasteiger partial charge in [-0.15, -0.1) is 0 Å². The number of rotatable bonds is 5. The number of benzene rings is 2. The van der Waals surface area contributed by atoms with Crippen molar-refractivity contribution in [1.82, 2.24) is 0 Å². The zero-order valence-electron chi connectivity index (χ0n) is 12.2. The molecule has 0 aliphatic carbocycles. The Bertz CT molecular complexity index is 682. The Morgan fingerprint density at radius 2 is 1.62 bits per heavy atom. The van der Waals surface area contributed by atoms with E-state index in [0.29, 0.717) is 11.4 Å². The molecule has 0 aliphatic rings. The standard InChI is InChI=1S/C16H20N2O2S/c1-13(14-6-4-3-5-7-14)12-21(19,20)18(2)16-10-8-15(17)9-11-16/h3-11,13H,12,17H2,1-2H3. The summed E-state index contributed by atoms with van der Waals surface area (Å²) in [6.45, 7) is 1.92. The van der Waals surface area contributed by atoms with Crippen molar-refractivity contribution < 1.29 is 8.42 Å². The minimum absolute atomic E-state index is 0.0626. The summed E-state index contributed by atoms with van der Waals surface area (Å²) in [6, 6.07) is 16.5. The summed E-state index contributed by atoms with van der Waals surface area (Å²) >= 11 is 0. The van der Waals surface area contributed by atoms with E-state index >= 15 is 0 Å². The van der Waals surface area contributed by atoms with E-state index in [1.807, 2.05) is 37.3 Å². The van der Waals surface area contributed by atoms with Gasteiger partial charge in [0.2, 0.25) is 10.0 Å². The van der Waals surface area contributed by atoms with Gasteiger partial charge in [0.1, 0.15) is 0 Å². The lowest BCUT2D eigenvalue weighted by molar-refractivity contribution is 0.589. The van der Waals surface area contributed by atoms with Gasteiger partial charge in [-0.25, -0.2) is 8.42 Å². The first-order chi connectivity index (χ1) is 9.90. The molecule has 0 radical (unpaired) electrons. The molecule has 0 heterocycles. The number of nitrogens with two attached hydrogens (primary N) is 1. The van der Waals surface area contributed by atoms with Gasteiger partial charge in [-0.2, -0.15) is 0 Å². The van der Waals surface area contributed by atoms with Crippen LogP contribution in [0.15, 0.2) is 54.6 Å². The predicted molar refractivity (Wildman–Crippen MR) is 87.9 cm³/mol. The molecule has 5 heteroatoms. The number of anilines is 2. The first kappa shape index (κ1) is 15.4. The van der Waals surface area contributed by atoms with Crippen LogP contribution >= 0.6 is 0 Å². The van der Waals surface area contributed by atoms with E-state index in [0.717, 1.165) is 5.56 Å². The quantitative estimate of drug-likeness (QED) is 0.864. The molecule has 0 aromatic heterocycles. The largest absolute Gasteiger partial charge is 0.399 e. The van der Waals surface area contributed by atoms with Gasteiger partial charge in [-0.3, -0.25) is 4.31 Å². The fourth-order valence-electron chi connectivity index (χ4n) is 2.15. The van der Waals surface area contributed by atoms with Gasteiger partial charge in [-0.1, -0.05) is 37.3 Å². The summed E-state index contributed by atoms with van der Waals surface area (Å²) in [7, 11) is -1.81. The molecule has 0 amide bonds. The molecule has 0 aliphatic heterocycles. The molecule has 0 fully saturated rings. The van der Waals surface area contributed by atoms with Crippen LogP contribution in [-0.4, -0.2) is 21.2 Å². The molecule has 0 saturated heterocycles. The Kier molecular flexibility index (Phi) is 4.53. The van der Waals surface area contributed by atoms with Crippen LogP contribution in [0.4, 0.5) is 11.4 Å². The predicted octanol–water partition coefficient (Wildman–Crippen LogP) is 2.84. The summed E-state index contributed by atoms with van der Waals surface area (Å²) < 4.78 is 26.3. The summed E-state index contributed by atoms with van der Waals surface area (Å²) in [6.07, 6.45) is 0. The molecule has 2 aromatic carbocycles. The smallest absolute Gasteiger partial charge is 0.235 e. The average molecular weight is 304 g/mol. The third kappa shape index (κ3) is 3.76. The van der Waals surface area contributed by atoms with Crippen molar-refractivity contribution in [2.45, 2.75) is 12.8 Å². The molecule has 1 unspecified atom stereocenters. The van der Waals surface area contributed by atoms with Gasteiger partial charge in [0.25, 0.3) is 0 Å². The van der Waals surface area contributed by atoms with E-state index in [2.05, 4.69) is 0 Å². The zero-order valence-corrected chi connectivity index (χ0v) is 13.0. The van der Waals surface area contributed by atoms with E-state index < -0.39 is 10.0 Å². The highest BCUT2D eigenvalue weighted by molar-refractivity contribution is 7.92. The number of hydrogen-bond donors (Lipinski definition) is 1. The average Bonchev–Trinajstić information content (AvgIpc) is 2.48. The SMILES string of the molecule is CC(CS(=O)(=O)N(C)c1ccc(N)cc1)c1ccccc1. The zero-order chi connectivity index (χ0) is 15.5. The fourth-order valence-corrected chi connectivity index (χ4v) is 3.64. The topological polar surface area (TPSA) is 63.4 Å². The van der Waals surface area contributed by atoms with Gasteiger partial charge < -0.3 is 5.73 Å². The monoisotopic (exact) mass is 304 g/mol. The second-order valence-corrected chi connectivity index (χ2v) is 7.19. The first-order valence-electron chi connectivity index (χ1n) is 6.77. The minimum atomic E-state index is -3.38. The van der Waals surface area contributed by atoms with Crippen LogP contribution in [0.2, 0.25) is 0 Å². The second kappa shape index (κ2) is 6.18. The lowest BCUT2D eigenvalue weighted by Crippen LogP contribution is -2.30. The van der Waals surface area contributed by atoms with Gasteiger partial charge in [0.05, 0.1) is 11.4 Å². The molecule has 2 N–H and O–H groups in total. The lowest BCUT2D eigenvalue weighted by Gasteiger charge is -2.22. The molecule has 21 heavy (non-hydrogen) atoms. The van der Waals surface area contributed by atoms with Crippen molar-refractivity contribution in [3.63, 3.8) is 0 Å². The highest BCUT2D eigenvalue weighted by Crippen LogP contribution is 2.22. The Morgan fingerprint density at radius 3 is 2.19 bits per heavy atom. The maximum atomic E-state index is 12.5. The number of hydrogen-bond acceptors (Lipinski definition) is 3. The molecule has 1 atom stereocenters. The summed E-state index contributed by atoms with van der Waals surface area (Å²) in [5.41, 5.74) is 7.87. The van der Waals surface area contributed by atoms with E-state index in [-0.39, 0.29) is 11.7 Å². The van der Waals surface area contributed by atoms with E-state index in [9.17, 15) is 8.42 Å². The van der Waals surface area contributed by atoms with Crippen molar-refractivity contribution in [1.29, 1.82) is 0 Å². The molecular weight excluding hydrogens is 284 g/mol.